The summed E-state index contributed by atoms with van der Waals surface area (Å²) in [6.45, 7) is 1.72. The molecule has 9 nitrogen and oxygen atoms in total. The Morgan fingerprint density at radius 3 is 2.38 bits per heavy atom. The molecule has 0 saturated carbocycles. The highest BCUT2D eigenvalue weighted by Crippen LogP contribution is 2.26. The molecule has 9 heteroatoms. The quantitative estimate of drug-likeness (QED) is 0.577. The van der Waals surface area contributed by atoms with Gasteiger partial charge in [0, 0.05) is 0 Å². The lowest BCUT2D eigenvalue weighted by Crippen LogP contribution is -2.46. The highest BCUT2D eigenvalue weighted by Gasteiger charge is 2.11. The second kappa shape index (κ2) is 9.36. The number of nitrogens with one attached hydrogen (secondary N) is 2. The molecule has 0 spiro atoms. The van der Waals surface area contributed by atoms with Gasteiger partial charge in [0.15, 0.2) is 18.1 Å². The van der Waals surface area contributed by atoms with E-state index in [-0.39, 0.29) is 13.2 Å². The molecular weight excluding hydrogens is 376 g/mol. The van der Waals surface area contributed by atoms with E-state index in [1.165, 1.54) is 4.57 Å². The van der Waals surface area contributed by atoms with Gasteiger partial charge in [0.1, 0.15) is 6.54 Å². The Hall–Kier alpha value is -3.88. The van der Waals surface area contributed by atoms with E-state index in [0.717, 1.165) is 6.20 Å². The van der Waals surface area contributed by atoms with Crippen LogP contribution in [0.1, 0.15) is 6.92 Å². The standard InChI is InChI=1S/C20H20N4O5/c1-2-28-16-9-5-6-10-17(16)29-13-19(26)23-22-18(25)12-24-15-8-4-3-7-14(15)21-11-20(24)27/h3-11H,2,12-13H2,1H3,(H,22,25)(H,23,26). The Kier molecular flexibility index (Phi) is 6.41. The van der Waals surface area contributed by atoms with Crippen LogP contribution in [0.5, 0.6) is 11.5 Å². The third-order valence-corrected chi connectivity index (χ3v) is 3.90. The van der Waals surface area contributed by atoms with E-state index in [0.29, 0.717) is 29.1 Å². The summed E-state index contributed by atoms with van der Waals surface area (Å²) in [5.74, 6) is -0.176. The van der Waals surface area contributed by atoms with Crippen molar-refractivity contribution in [2.24, 2.45) is 0 Å². The van der Waals surface area contributed by atoms with Gasteiger partial charge >= 0.3 is 0 Å². The van der Waals surface area contributed by atoms with Crippen LogP contribution in [0.2, 0.25) is 0 Å². The zero-order valence-corrected chi connectivity index (χ0v) is 15.8. The van der Waals surface area contributed by atoms with Crippen molar-refractivity contribution in [1.29, 1.82) is 0 Å². The highest BCUT2D eigenvalue weighted by atomic mass is 16.5. The third kappa shape index (κ3) is 5.10. The van der Waals surface area contributed by atoms with Crippen LogP contribution in [0.15, 0.2) is 59.5 Å². The van der Waals surface area contributed by atoms with Crippen molar-refractivity contribution in [3.8, 4) is 11.5 Å². The molecule has 1 aromatic heterocycles. The van der Waals surface area contributed by atoms with Gasteiger partial charge in [0.2, 0.25) is 0 Å². The highest BCUT2D eigenvalue weighted by molar-refractivity contribution is 5.84. The number of hydrogen-bond donors (Lipinski definition) is 2. The van der Waals surface area contributed by atoms with Crippen LogP contribution in [-0.2, 0) is 16.1 Å². The van der Waals surface area contributed by atoms with Gasteiger partial charge in [-0.3, -0.25) is 29.8 Å². The number of nitrogens with zero attached hydrogens (tertiary/aromatic N) is 2. The fraction of sp³-hybridized carbons (Fsp3) is 0.200. The minimum Gasteiger partial charge on any atom is -0.490 e. The summed E-state index contributed by atoms with van der Waals surface area (Å²) >= 11 is 0. The molecule has 3 rings (SSSR count). The molecule has 0 fully saturated rings. The molecule has 2 N–H and O–H groups in total. The predicted octanol–water partition coefficient (Wildman–Crippen LogP) is 1.02. The van der Waals surface area contributed by atoms with Gasteiger partial charge in [-0.1, -0.05) is 24.3 Å². The fourth-order valence-corrected chi connectivity index (χ4v) is 2.62. The van der Waals surface area contributed by atoms with Crippen LogP contribution in [0.25, 0.3) is 11.0 Å². The number of para-hydroxylation sites is 4. The average molecular weight is 396 g/mol. The number of fused-ring (bicyclic) bond motifs is 1. The van der Waals surface area contributed by atoms with Crippen LogP contribution in [0, 0.1) is 0 Å². The summed E-state index contributed by atoms with van der Waals surface area (Å²) in [5.41, 5.74) is 5.22. The van der Waals surface area contributed by atoms with Crippen molar-refractivity contribution in [2.45, 2.75) is 13.5 Å². The molecule has 3 aromatic rings. The lowest BCUT2D eigenvalue weighted by molar-refractivity contribution is -0.130. The number of aromatic nitrogens is 2. The molecule has 0 aliphatic heterocycles. The van der Waals surface area contributed by atoms with Crippen molar-refractivity contribution < 1.29 is 19.1 Å². The van der Waals surface area contributed by atoms with Crippen molar-refractivity contribution in [2.75, 3.05) is 13.2 Å². The maximum atomic E-state index is 12.2. The molecule has 2 amide bonds. The van der Waals surface area contributed by atoms with Gasteiger partial charge in [-0.2, -0.15) is 0 Å². The van der Waals surface area contributed by atoms with Gasteiger partial charge in [-0.25, -0.2) is 4.98 Å². The molecule has 0 saturated heterocycles. The predicted molar refractivity (Wildman–Crippen MR) is 105 cm³/mol. The number of carbonyl (C=O) groups excluding carboxylic acids is 2. The first-order chi connectivity index (χ1) is 14.1. The van der Waals surface area contributed by atoms with E-state index in [1.807, 2.05) is 6.92 Å². The average Bonchev–Trinajstić information content (AvgIpc) is 2.74. The number of rotatable bonds is 7. The monoisotopic (exact) mass is 396 g/mol. The number of carbonyl (C=O) groups is 2. The summed E-state index contributed by atoms with van der Waals surface area (Å²) in [4.78, 5) is 40.2. The molecule has 2 aromatic carbocycles. The molecule has 29 heavy (non-hydrogen) atoms. The zero-order chi connectivity index (χ0) is 20.6. The zero-order valence-electron chi connectivity index (χ0n) is 15.8. The van der Waals surface area contributed by atoms with Crippen LogP contribution in [-0.4, -0.2) is 34.6 Å². The number of ether oxygens (including phenoxy) is 2. The molecule has 0 aliphatic carbocycles. The molecule has 0 radical (unpaired) electrons. The summed E-state index contributed by atoms with van der Waals surface area (Å²) in [7, 11) is 0. The maximum absolute atomic E-state index is 12.2. The van der Waals surface area contributed by atoms with E-state index in [9.17, 15) is 14.4 Å². The molecule has 0 bridgehead atoms. The SMILES string of the molecule is CCOc1ccccc1OCC(=O)NNC(=O)Cn1c(=O)cnc2ccccc21. The summed E-state index contributed by atoms with van der Waals surface area (Å²) in [6, 6.07) is 13.9. The summed E-state index contributed by atoms with van der Waals surface area (Å²) in [5, 5.41) is 0. The summed E-state index contributed by atoms with van der Waals surface area (Å²) in [6.07, 6.45) is 1.15. The first kappa shape index (κ1) is 19.9. The molecule has 0 atom stereocenters. The summed E-state index contributed by atoms with van der Waals surface area (Å²) < 4.78 is 12.1. The lowest BCUT2D eigenvalue weighted by atomic mass is 10.3. The van der Waals surface area contributed by atoms with Crippen molar-refractivity contribution in [3.63, 3.8) is 0 Å². The number of hydrogen-bond acceptors (Lipinski definition) is 6. The Morgan fingerprint density at radius 2 is 1.62 bits per heavy atom. The van der Waals surface area contributed by atoms with Gasteiger partial charge in [-0.05, 0) is 31.2 Å². The van der Waals surface area contributed by atoms with Gasteiger partial charge in [0.05, 0.1) is 23.8 Å². The molecule has 150 valence electrons. The van der Waals surface area contributed by atoms with Crippen LogP contribution < -0.4 is 25.9 Å². The normalized spacial score (nSPS) is 10.4. The Bertz CT molecular complexity index is 1080. The molecule has 1 heterocycles. The van der Waals surface area contributed by atoms with Gasteiger partial charge in [0.25, 0.3) is 17.4 Å². The minimum absolute atomic E-state index is 0.268. The second-order valence-corrected chi connectivity index (χ2v) is 5.94. The van der Waals surface area contributed by atoms with Crippen LogP contribution in [0.3, 0.4) is 0 Å². The Labute approximate surface area is 166 Å². The molecule has 0 aliphatic rings. The first-order valence-corrected chi connectivity index (χ1v) is 8.95. The fourth-order valence-electron chi connectivity index (χ4n) is 2.62. The smallest absolute Gasteiger partial charge is 0.276 e. The largest absolute Gasteiger partial charge is 0.490 e. The van der Waals surface area contributed by atoms with Gasteiger partial charge in [-0.15, -0.1) is 0 Å². The van der Waals surface area contributed by atoms with Crippen molar-refractivity contribution in [1.82, 2.24) is 20.4 Å². The lowest BCUT2D eigenvalue weighted by Gasteiger charge is -2.13. The second-order valence-electron chi connectivity index (χ2n) is 5.94. The maximum Gasteiger partial charge on any atom is 0.276 e. The third-order valence-electron chi connectivity index (χ3n) is 3.90. The van der Waals surface area contributed by atoms with E-state index in [4.69, 9.17) is 9.47 Å². The van der Waals surface area contributed by atoms with Crippen LogP contribution in [0.4, 0.5) is 0 Å². The minimum atomic E-state index is -0.563. The van der Waals surface area contributed by atoms with E-state index in [1.54, 1.807) is 48.5 Å². The van der Waals surface area contributed by atoms with Gasteiger partial charge < -0.3 is 9.47 Å². The topological polar surface area (TPSA) is 112 Å². The number of amides is 2. The number of benzene rings is 2. The number of hydrazine groups is 1. The van der Waals surface area contributed by atoms with Crippen LogP contribution >= 0.6 is 0 Å². The van der Waals surface area contributed by atoms with E-state index < -0.39 is 17.4 Å². The Balaban J connectivity index is 1.54. The van der Waals surface area contributed by atoms with Crippen molar-refractivity contribution >= 4 is 22.8 Å². The van der Waals surface area contributed by atoms with Crippen molar-refractivity contribution in [3.05, 3.63) is 65.1 Å². The van der Waals surface area contributed by atoms with E-state index >= 15 is 0 Å². The van der Waals surface area contributed by atoms with E-state index in [2.05, 4.69) is 15.8 Å². The molecular formula is C20H20N4O5. The molecule has 0 unspecified atom stereocenters. The first-order valence-electron chi connectivity index (χ1n) is 8.95. The Morgan fingerprint density at radius 1 is 0.966 bits per heavy atom.